The van der Waals surface area contributed by atoms with Gasteiger partial charge in [-0.25, -0.2) is 8.78 Å². The van der Waals surface area contributed by atoms with Gasteiger partial charge in [-0.15, -0.1) is 0 Å². The van der Waals surface area contributed by atoms with Crippen LogP contribution in [0.4, 0.5) is 14.5 Å². The molecule has 0 saturated carbocycles. The van der Waals surface area contributed by atoms with Crippen LogP contribution in [0.1, 0.15) is 17.3 Å². The van der Waals surface area contributed by atoms with E-state index in [4.69, 9.17) is 14.2 Å². The van der Waals surface area contributed by atoms with E-state index in [1.54, 1.807) is 6.92 Å². The highest BCUT2D eigenvalue weighted by atomic mass is 19.2. The third-order valence-corrected chi connectivity index (χ3v) is 3.69. The van der Waals surface area contributed by atoms with E-state index < -0.39 is 17.5 Å². The lowest BCUT2D eigenvalue weighted by Crippen LogP contribution is -2.30. The topological polar surface area (TPSA) is 48.0 Å². The van der Waals surface area contributed by atoms with Crippen molar-refractivity contribution in [2.24, 2.45) is 0 Å². The van der Waals surface area contributed by atoms with Crippen LogP contribution in [-0.2, 0) is 0 Å². The smallest absolute Gasteiger partial charge is 0.258 e. The number of carbonyl (C=O) groups is 1. The van der Waals surface area contributed by atoms with E-state index >= 15 is 0 Å². The SMILES string of the molecule is CCN(C(=O)c1cc(OC)c(OC)c(OC)c1)c1ccc(F)c(F)c1. The molecule has 0 saturated heterocycles. The summed E-state index contributed by atoms with van der Waals surface area (Å²) >= 11 is 0. The van der Waals surface area contributed by atoms with Gasteiger partial charge in [-0.1, -0.05) is 0 Å². The quantitative estimate of drug-likeness (QED) is 0.797. The number of rotatable bonds is 6. The Hall–Kier alpha value is -2.83. The lowest BCUT2D eigenvalue weighted by atomic mass is 10.1. The third kappa shape index (κ3) is 3.65. The fraction of sp³-hybridized carbons (Fsp3) is 0.278. The molecule has 0 aliphatic carbocycles. The van der Waals surface area contributed by atoms with E-state index in [9.17, 15) is 13.6 Å². The molecule has 0 spiro atoms. The second-order valence-corrected chi connectivity index (χ2v) is 5.06. The molecule has 0 atom stereocenters. The zero-order chi connectivity index (χ0) is 18.6. The van der Waals surface area contributed by atoms with E-state index in [-0.39, 0.29) is 17.8 Å². The van der Waals surface area contributed by atoms with Gasteiger partial charge in [0.15, 0.2) is 23.1 Å². The van der Waals surface area contributed by atoms with E-state index in [0.717, 1.165) is 12.1 Å². The number of amides is 1. The van der Waals surface area contributed by atoms with Crippen LogP contribution in [0.3, 0.4) is 0 Å². The average Bonchev–Trinajstić information content (AvgIpc) is 2.63. The van der Waals surface area contributed by atoms with Crippen molar-refractivity contribution in [1.82, 2.24) is 0 Å². The van der Waals surface area contributed by atoms with Crippen LogP contribution in [0.5, 0.6) is 17.2 Å². The number of ether oxygens (including phenoxy) is 3. The summed E-state index contributed by atoms with van der Waals surface area (Å²) in [7, 11) is 4.35. The summed E-state index contributed by atoms with van der Waals surface area (Å²) < 4.78 is 42.4. The highest BCUT2D eigenvalue weighted by Gasteiger charge is 2.22. The first-order valence-electron chi connectivity index (χ1n) is 7.53. The Kier molecular flexibility index (Phi) is 5.80. The molecule has 25 heavy (non-hydrogen) atoms. The number of hydrogen-bond donors (Lipinski definition) is 0. The molecule has 0 N–H and O–H groups in total. The number of nitrogens with zero attached hydrogens (tertiary/aromatic N) is 1. The van der Waals surface area contributed by atoms with E-state index in [1.165, 1.54) is 44.4 Å². The Morgan fingerprint density at radius 3 is 2.00 bits per heavy atom. The van der Waals surface area contributed by atoms with Crippen molar-refractivity contribution in [2.45, 2.75) is 6.92 Å². The fourth-order valence-corrected chi connectivity index (χ4v) is 2.46. The first kappa shape index (κ1) is 18.5. The summed E-state index contributed by atoms with van der Waals surface area (Å²) in [6.07, 6.45) is 0. The molecule has 1 amide bonds. The van der Waals surface area contributed by atoms with Gasteiger partial charge < -0.3 is 19.1 Å². The molecule has 7 heteroatoms. The van der Waals surface area contributed by atoms with Gasteiger partial charge in [0.25, 0.3) is 5.91 Å². The predicted octanol–water partition coefficient (Wildman–Crippen LogP) is 3.66. The zero-order valence-corrected chi connectivity index (χ0v) is 14.4. The lowest BCUT2D eigenvalue weighted by molar-refractivity contribution is 0.0987. The molecule has 2 rings (SSSR count). The maximum absolute atomic E-state index is 13.5. The molecular formula is C18H19F2NO4. The number of benzene rings is 2. The van der Waals surface area contributed by atoms with Gasteiger partial charge in [-0.2, -0.15) is 0 Å². The van der Waals surface area contributed by atoms with Gasteiger partial charge >= 0.3 is 0 Å². The molecule has 5 nitrogen and oxygen atoms in total. The minimum Gasteiger partial charge on any atom is -0.493 e. The summed E-state index contributed by atoms with van der Waals surface area (Å²) in [6.45, 7) is 2.00. The highest BCUT2D eigenvalue weighted by molar-refractivity contribution is 6.06. The fourth-order valence-electron chi connectivity index (χ4n) is 2.46. The van der Waals surface area contributed by atoms with Crippen LogP contribution in [0, 0.1) is 11.6 Å². The van der Waals surface area contributed by atoms with Crippen LogP contribution in [0.2, 0.25) is 0 Å². The van der Waals surface area contributed by atoms with Gasteiger partial charge in [-0.05, 0) is 31.2 Å². The van der Waals surface area contributed by atoms with Crippen molar-refractivity contribution < 1.29 is 27.8 Å². The van der Waals surface area contributed by atoms with Crippen LogP contribution in [0.25, 0.3) is 0 Å². The summed E-state index contributed by atoms with van der Waals surface area (Å²) in [5.41, 5.74) is 0.515. The van der Waals surface area contributed by atoms with E-state index in [2.05, 4.69) is 0 Å². The molecule has 0 unspecified atom stereocenters. The van der Waals surface area contributed by atoms with E-state index in [1.807, 2.05) is 0 Å². The van der Waals surface area contributed by atoms with Gasteiger partial charge in [0.05, 0.1) is 21.3 Å². The molecule has 134 valence electrons. The molecule has 0 bridgehead atoms. The van der Waals surface area contributed by atoms with Crippen molar-refractivity contribution in [3.05, 3.63) is 47.5 Å². The molecule has 2 aromatic carbocycles. The monoisotopic (exact) mass is 351 g/mol. The summed E-state index contributed by atoms with van der Waals surface area (Å²) in [6, 6.07) is 6.32. The maximum Gasteiger partial charge on any atom is 0.258 e. The summed E-state index contributed by atoms with van der Waals surface area (Å²) in [5.74, 6) is -1.39. The second-order valence-electron chi connectivity index (χ2n) is 5.06. The molecule has 0 aromatic heterocycles. The third-order valence-electron chi connectivity index (χ3n) is 3.69. The maximum atomic E-state index is 13.5. The predicted molar refractivity (Wildman–Crippen MR) is 89.8 cm³/mol. The van der Waals surface area contributed by atoms with Crippen molar-refractivity contribution in [1.29, 1.82) is 0 Å². The lowest BCUT2D eigenvalue weighted by Gasteiger charge is -2.22. The van der Waals surface area contributed by atoms with Gasteiger partial charge in [0.1, 0.15) is 0 Å². The minimum atomic E-state index is -1.02. The molecule has 0 fully saturated rings. The average molecular weight is 351 g/mol. The second kappa shape index (κ2) is 7.83. The van der Waals surface area contributed by atoms with Crippen LogP contribution in [0.15, 0.2) is 30.3 Å². The molecule has 2 aromatic rings. The number of methoxy groups -OCH3 is 3. The van der Waals surface area contributed by atoms with Gasteiger partial charge in [0.2, 0.25) is 5.75 Å². The Balaban J connectivity index is 2.48. The van der Waals surface area contributed by atoms with Gasteiger partial charge in [0, 0.05) is 23.9 Å². The first-order valence-corrected chi connectivity index (χ1v) is 7.53. The minimum absolute atomic E-state index is 0.250. The van der Waals surface area contributed by atoms with Gasteiger partial charge in [-0.3, -0.25) is 4.79 Å². The first-order chi connectivity index (χ1) is 12.0. The molecule has 0 aliphatic heterocycles. The van der Waals surface area contributed by atoms with Crippen LogP contribution in [-0.4, -0.2) is 33.8 Å². The number of halogens is 2. The Morgan fingerprint density at radius 2 is 1.56 bits per heavy atom. The van der Waals surface area contributed by atoms with Crippen LogP contribution >= 0.6 is 0 Å². The van der Waals surface area contributed by atoms with Crippen molar-refractivity contribution in [3.8, 4) is 17.2 Å². The number of carbonyl (C=O) groups excluding carboxylic acids is 1. The van der Waals surface area contributed by atoms with Crippen LogP contribution < -0.4 is 19.1 Å². The Bertz CT molecular complexity index is 755. The Morgan fingerprint density at radius 1 is 0.960 bits per heavy atom. The zero-order valence-electron chi connectivity index (χ0n) is 14.4. The molecule has 0 radical (unpaired) electrons. The Labute approximate surface area is 144 Å². The van der Waals surface area contributed by atoms with Crippen molar-refractivity contribution in [3.63, 3.8) is 0 Å². The number of anilines is 1. The highest BCUT2D eigenvalue weighted by Crippen LogP contribution is 2.38. The standard InChI is InChI=1S/C18H19F2NO4/c1-5-21(12-6-7-13(19)14(20)10-12)18(22)11-8-15(23-2)17(25-4)16(9-11)24-3/h6-10H,5H2,1-4H3. The largest absolute Gasteiger partial charge is 0.493 e. The molecule has 0 aliphatic rings. The summed E-state index contributed by atoms with van der Waals surface area (Å²) in [4.78, 5) is 14.2. The number of hydrogen-bond acceptors (Lipinski definition) is 4. The van der Waals surface area contributed by atoms with Crippen molar-refractivity contribution >= 4 is 11.6 Å². The molecule has 0 heterocycles. The molecular weight excluding hydrogens is 332 g/mol. The normalized spacial score (nSPS) is 10.3. The van der Waals surface area contributed by atoms with Crippen molar-refractivity contribution in [2.75, 3.05) is 32.8 Å². The van der Waals surface area contributed by atoms with E-state index in [0.29, 0.717) is 17.2 Å². The summed E-state index contributed by atoms with van der Waals surface area (Å²) in [5, 5.41) is 0.